The van der Waals surface area contributed by atoms with Gasteiger partial charge in [-0.25, -0.2) is 4.39 Å². The van der Waals surface area contributed by atoms with Gasteiger partial charge in [0.05, 0.1) is 11.4 Å². The molecule has 168 valence electrons. The predicted molar refractivity (Wildman–Crippen MR) is 128 cm³/mol. The lowest BCUT2D eigenvalue weighted by molar-refractivity contribution is -0.127. The molecule has 0 unspecified atom stereocenters. The SMILES string of the molecule is Cc1ccc(-n2c(SCC(=O)N(C)Cc3ccc(F)cc3)nnc2-c2ccccn2)c(C)c1. The van der Waals surface area contributed by atoms with Crippen LogP contribution in [0.5, 0.6) is 0 Å². The van der Waals surface area contributed by atoms with Crippen LogP contribution in [-0.4, -0.2) is 43.4 Å². The Hall–Kier alpha value is -3.52. The van der Waals surface area contributed by atoms with Crippen LogP contribution in [-0.2, 0) is 11.3 Å². The quantitative estimate of drug-likeness (QED) is 0.369. The Bertz CT molecular complexity index is 1260. The fourth-order valence-electron chi connectivity index (χ4n) is 3.49. The first-order chi connectivity index (χ1) is 15.9. The average Bonchev–Trinajstić information content (AvgIpc) is 3.23. The Morgan fingerprint density at radius 3 is 2.55 bits per heavy atom. The van der Waals surface area contributed by atoms with Gasteiger partial charge in [0.1, 0.15) is 11.5 Å². The first-order valence-electron chi connectivity index (χ1n) is 10.5. The molecular weight excluding hydrogens is 437 g/mol. The number of aryl methyl sites for hydroxylation is 2. The molecule has 0 N–H and O–H groups in total. The molecule has 4 aromatic rings. The Balaban J connectivity index is 1.58. The van der Waals surface area contributed by atoms with Crippen molar-refractivity contribution in [1.82, 2.24) is 24.6 Å². The van der Waals surface area contributed by atoms with E-state index >= 15 is 0 Å². The highest BCUT2D eigenvalue weighted by atomic mass is 32.2. The summed E-state index contributed by atoms with van der Waals surface area (Å²) in [5, 5.41) is 9.39. The molecule has 0 aliphatic heterocycles. The van der Waals surface area contributed by atoms with Gasteiger partial charge in [-0.05, 0) is 55.3 Å². The molecular formula is C25H24FN5OS. The van der Waals surface area contributed by atoms with Crippen LogP contribution < -0.4 is 0 Å². The lowest BCUT2D eigenvalue weighted by Crippen LogP contribution is -2.27. The lowest BCUT2D eigenvalue weighted by Gasteiger charge is -2.17. The van der Waals surface area contributed by atoms with Gasteiger partial charge in [-0.1, -0.05) is 47.7 Å². The number of carbonyl (C=O) groups is 1. The minimum atomic E-state index is -0.294. The lowest BCUT2D eigenvalue weighted by atomic mass is 10.1. The minimum Gasteiger partial charge on any atom is -0.341 e. The largest absolute Gasteiger partial charge is 0.341 e. The first kappa shape index (κ1) is 22.7. The summed E-state index contributed by atoms with van der Waals surface area (Å²) in [5.41, 5.74) is 4.76. The zero-order chi connectivity index (χ0) is 23.4. The highest BCUT2D eigenvalue weighted by Crippen LogP contribution is 2.29. The van der Waals surface area contributed by atoms with Crippen LogP contribution in [0, 0.1) is 19.7 Å². The van der Waals surface area contributed by atoms with E-state index in [1.54, 1.807) is 30.3 Å². The van der Waals surface area contributed by atoms with E-state index in [9.17, 15) is 9.18 Å². The van der Waals surface area contributed by atoms with Crippen molar-refractivity contribution in [2.45, 2.75) is 25.5 Å². The summed E-state index contributed by atoms with van der Waals surface area (Å²) in [6, 6.07) is 18.0. The van der Waals surface area contributed by atoms with Crippen LogP contribution in [0.3, 0.4) is 0 Å². The standard InChI is InChI=1S/C25H24FN5OS/c1-17-7-12-22(18(2)14-17)31-24(21-6-4-5-13-27-21)28-29-25(31)33-16-23(32)30(3)15-19-8-10-20(26)11-9-19/h4-14H,15-16H2,1-3H3. The molecule has 0 spiro atoms. The second-order valence-electron chi connectivity index (χ2n) is 7.81. The molecule has 2 aromatic heterocycles. The Morgan fingerprint density at radius 2 is 1.85 bits per heavy atom. The summed E-state index contributed by atoms with van der Waals surface area (Å²) in [4.78, 5) is 18.8. The molecule has 2 heterocycles. The highest BCUT2D eigenvalue weighted by molar-refractivity contribution is 7.99. The fraction of sp³-hybridized carbons (Fsp3) is 0.200. The molecule has 4 rings (SSSR count). The molecule has 0 saturated heterocycles. The van der Waals surface area contributed by atoms with E-state index in [4.69, 9.17) is 0 Å². The molecule has 0 radical (unpaired) electrons. The van der Waals surface area contributed by atoms with Gasteiger partial charge in [-0.15, -0.1) is 10.2 Å². The zero-order valence-corrected chi connectivity index (χ0v) is 19.5. The number of carbonyl (C=O) groups excluding carboxylic acids is 1. The van der Waals surface area contributed by atoms with E-state index in [2.05, 4.69) is 21.2 Å². The van der Waals surface area contributed by atoms with Gasteiger partial charge < -0.3 is 4.90 Å². The first-order valence-corrected chi connectivity index (χ1v) is 11.5. The molecule has 8 heteroatoms. The number of halogens is 1. The number of pyridine rings is 1. The second kappa shape index (κ2) is 9.95. The number of aromatic nitrogens is 4. The van der Waals surface area contributed by atoms with Gasteiger partial charge in [-0.3, -0.25) is 14.3 Å². The van der Waals surface area contributed by atoms with E-state index in [0.717, 1.165) is 22.4 Å². The van der Waals surface area contributed by atoms with Crippen LogP contribution in [0.1, 0.15) is 16.7 Å². The third kappa shape index (κ3) is 5.28. The molecule has 0 aliphatic carbocycles. The molecule has 33 heavy (non-hydrogen) atoms. The Labute approximate surface area is 196 Å². The minimum absolute atomic E-state index is 0.0566. The number of hydrogen-bond donors (Lipinski definition) is 0. The predicted octanol–water partition coefficient (Wildman–Crippen LogP) is 4.84. The van der Waals surface area contributed by atoms with Crippen molar-refractivity contribution in [2.75, 3.05) is 12.8 Å². The summed E-state index contributed by atoms with van der Waals surface area (Å²) in [7, 11) is 1.74. The van der Waals surface area contributed by atoms with E-state index in [-0.39, 0.29) is 17.5 Å². The summed E-state index contributed by atoms with van der Waals surface area (Å²) in [5.74, 6) is 0.469. The molecule has 0 atom stereocenters. The molecule has 0 bridgehead atoms. The van der Waals surface area contributed by atoms with Crippen molar-refractivity contribution in [2.24, 2.45) is 0 Å². The number of rotatable bonds is 7. The third-order valence-corrected chi connectivity index (χ3v) is 6.12. The molecule has 0 saturated carbocycles. The van der Waals surface area contributed by atoms with Crippen LogP contribution in [0.15, 0.2) is 72.0 Å². The topological polar surface area (TPSA) is 63.9 Å². The van der Waals surface area contributed by atoms with Crippen molar-refractivity contribution in [3.8, 4) is 17.2 Å². The highest BCUT2D eigenvalue weighted by Gasteiger charge is 2.20. The van der Waals surface area contributed by atoms with E-state index in [1.807, 2.05) is 48.7 Å². The van der Waals surface area contributed by atoms with Crippen LogP contribution in [0.2, 0.25) is 0 Å². The van der Waals surface area contributed by atoms with Gasteiger partial charge in [-0.2, -0.15) is 0 Å². The zero-order valence-electron chi connectivity index (χ0n) is 18.7. The number of benzene rings is 2. The number of thioether (sulfide) groups is 1. The third-order valence-electron chi connectivity index (χ3n) is 5.20. The van der Waals surface area contributed by atoms with Gasteiger partial charge >= 0.3 is 0 Å². The van der Waals surface area contributed by atoms with Crippen molar-refractivity contribution in [3.63, 3.8) is 0 Å². The van der Waals surface area contributed by atoms with Gasteiger partial charge in [0, 0.05) is 19.8 Å². The Morgan fingerprint density at radius 1 is 1.06 bits per heavy atom. The monoisotopic (exact) mass is 461 g/mol. The Kier molecular flexibility index (Phi) is 6.84. The van der Waals surface area contributed by atoms with Crippen LogP contribution in [0.25, 0.3) is 17.2 Å². The van der Waals surface area contributed by atoms with E-state index in [1.165, 1.54) is 23.9 Å². The summed E-state index contributed by atoms with van der Waals surface area (Å²) < 4.78 is 15.1. The molecule has 0 aliphatic rings. The molecule has 1 amide bonds. The van der Waals surface area contributed by atoms with Crippen LogP contribution >= 0.6 is 11.8 Å². The van der Waals surface area contributed by atoms with Crippen LogP contribution in [0.4, 0.5) is 4.39 Å². The number of hydrogen-bond acceptors (Lipinski definition) is 5. The maximum Gasteiger partial charge on any atom is 0.233 e. The van der Waals surface area contributed by atoms with Crippen molar-refractivity contribution < 1.29 is 9.18 Å². The normalized spacial score (nSPS) is 10.9. The number of nitrogens with zero attached hydrogens (tertiary/aromatic N) is 5. The molecule has 0 fully saturated rings. The van der Waals surface area contributed by atoms with E-state index in [0.29, 0.717) is 23.2 Å². The average molecular weight is 462 g/mol. The maximum atomic E-state index is 13.1. The maximum absolute atomic E-state index is 13.1. The molecule has 2 aromatic carbocycles. The van der Waals surface area contributed by atoms with E-state index < -0.39 is 0 Å². The summed E-state index contributed by atoms with van der Waals surface area (Å²) in [6.07, 6.45) is 1.72. The number of amides is 1. The fourth-order valence-corrected chi connectivity index (χ4v) is 4.37. The van der Waals surface area contributed by atoms with Crippen molar-refractivity contribution >= 4 is 17.7 Å². The van der Waals surface area contributed by atoms with Gasteiger partial charge in [0.15, 0.2) is 11.0 Å². The summed E-state index contributed by atoms with van der Waals surface area (Å²) >= 11 is 1.33. The molecule has 6 nitrogen and oxygen atoms in total. The van der Waals surface area contributed by atoms with Crippen molar-refractivity contribution in [3.05, 3.63) is 89.4 Å². The smallest absolute Gasteiger partial charge is 0.233 e. The van der Waals surface area contributed by atoms with Gasteiger partial charge in [0.2, 0.25) is 5.91 Å². The second-order valence-corrected chi connectivity index (χ2v) is 8.75. The van der Waals surface area contributed by atoms with Gasteiger partial charge in [0.25, 0.3) is 0 Å². The van der Waals surface area contributed by atoms with Crippen molar-refractivity contribution in [1.29, 1.82) is 0 Å². The summed E-state index contributed by atoms with van der Waals surface area (Å²) in [6.45, 7) is 4.50.